The summed E-state index contributed by atoms with van der Waals surface area (Å²) in [5.74, 6) is 0.134. The van der Waals surface area contributed by atoms with Crippen LogP contribution in [0.25, 0.3) is 11.0 Å². The molecule has 4 rings (SSSR count). The molecule has 1 amide bonds. The first kappa shape index (κ1) is 21.2. The van der Waals surface area contributed by atoms with Crippen molar-refractivity contribution in [2.75, 3.05) is 11.9 Å². The molecule has 0 aliphatic heterocycles. The van der Waals surface area contributed by atoms with Gasteiger partial charge in [0.2, 0.25) is 15.9 Å². The Morgan fingerprint density at radius 3 is 2.53 bits per heavy atom. The standard InChI is InChI=1S/C20H21ClN4O3S2/c21-15-8-10-16(11-9-15)23-20(26)14-6-4-13(5-7-14)12-22-30(27,28)18-3-1-2-17-19(18)25-29-24-17/h1-3,8-11,13-14,22H,4-7,12H2,(H,23,26). The van der Waals surface area contributed by atoms with E-state index in [2.05, 4.69) is 18.8 Å². The molecule has 1 heterocycles. The fourth-order valence-corrected chi connectivity index (χ4v) is 5.72. The number of aromatic nitrogens is 2. The number of rotatable bonds is 6. The zero-order valence-corrected chi connectivity index (χ0v) is 18.4. The lowest BCUT2D eigenvalue weighted by Gasteiger charge is -2.27. The monoisotopic (exact) mass is 464 g/mol. The Balaban J connectivity index is 1.30. The summed E-state index contributed by atoms with van der Waals surface area (Å²) in [7, 11) is -3.67. The molecule has 30 heavy (non-hydrogen) atoms. The van der Waals surface area contributed by atoms with Crippen molar-refractivity contribution in [3.8, 4) is 0 Å². The van der Waals surface area contributed by atoms with E-state index in [0.29, 0.717) is 22.6 Å². The molecule has 0 unspecified atom stereocenters. The summed E-state index contributed by atoms with van der Waals surface area (Å²) < 4.78 is 36.4. The molecule has 0 radical (unpaired) electrons. The summed E-state index contributed by atoms with van der Waals surface area (Å²) in [6.45, 7) is 0.349. The quantitative estimate of drug-likeness (QED) is 0.572. The van der Waals surface area contributed by atoms with Gasteiger partial charge in [-0.3, -0.25) is 4.79 Å². The van der Waals surface area contributed by atoms with Gasteiger partial charge in [0.05, 0.1) is 11.7 Å². The average Bonchev–Trinajstić information content (AvgIpc) is 3.23. The molecule has 158 valence electrons. The Bertz CT molecular complexity index is 1140. The Hall–Kier alpha value is -2.07. The minimum absolute atomic E-state index is 0.000868. The number of sulfonamides is 1. The van der Waals surface area contributed by atoms with E-state index in [-0.39, 0.29) is 22.6 Å². The number of fused-ring (bicyclic) bond motifs is 1. The van der Waals surface area contributed by atoms with Gasteiger partial charge in [0, 0.05) is 23.2 Å². The summed E-state index contributed by atoms with van der Waals surface area (Å²) in [6.07, 6.45) is 3.06. The van der Waals surface area contributed by atoms with Crippen molar-refractivity contribution in [1.29, 1.82) is 0 Å². The van der Waals surface area contributed by atoms with E-state index < -0.39 is 10.0 Å². The number of nitrogens with zero attached hydrogens (tertiary/aromatic N) is 2. The number of hydrogen-bond donors (Lipinski definition) is 2. The van der Waals surface area contributed by atoms with E-state index in [0.717, 1.165) is 43.1 Å². The van der Waals surface area contributed by atoms with Gasteiger partial charge >= 0.3 is 0 Å². The van der Waals surface area contributed by atoms with Crippen LogP contribution in [0.15, 0.2) is 47.4 Å². The van der Waals surface area contributed by atoms with Gasteiger partial charge in [-0.15, -0.1) is 0 Å². The van der Waals surface area contributed by atoms with Crippen molar-refractivity contribution in [2.45, 2.75) is 30.6 Å². The van der Waals surface area contributed by atoms with Gasteiger partial charge in [0.15, 0.2) is 0 Å². The van der Waals surface area contributed by atoms with Crippen molar-refractivity contribution in [1.82, 2.24) is 13.5 Å². The Kier molecular flexibility index (Phi) is 6.33. The van der Waals surface area contributed by atoms with Crippen LogP contribution in [-0.2, 0) is 14.8 Å². The summed E-state index contributed by atoms with van der Waals surface area (Å²) in [6, 6.07) is 12.0. The first-order valence-electron chi connectivity index (χ1n) is 9.70. The number of nitrogens with one attached hydrogen (secondary N) is 2. The molecular weight excluding hydrogens is 444 g/mol. The molecule has 7 nitrogen and oxygen atoms in total. The van der Waals surface area contributed by atoms with Crippen molar-refractivity contribution < 1.29 is 13.2 Å². The lowest BCUT2D eigenvalue weighted by atomic mass is 9.81. The van der Waals surface area contributed by atoms with Crippen LogP contribution < -0.4 is 10.0 Å². The number of benzene rings is 2. The molecule has 1 aliphatic rings. The molecule has 0 spiro atoms. The molecule has 1 aromatic heterocycles. The van der Waals surface area contributed by atoms with Gasteiger partial charge in [-0.1, -0.05) is 17.7 Å². The van der Waals surface area contributed by atoms with E-state index in [1.165, 1.54) is 0 Å². The molecular formula is C20H21ClN4O3S2. The van der Waals surface area contributed by atoms with Crippen LogP contribution in [0, 0.1) is 11.8 Å². The van der Waals surface area contributed by atoms with E-state index in [1.54, 1.807) is 42.5 Å². The molecule has 0 saturated heterocycles. The second-order valence-electron chi connectivity index (χ2n) is 7.45. The van der Waals surface area contributed by atoms with Gasteiger partial charge in [-0.2, -0.15) is 8.75 Å². The van der Waals surface area contributed by atoms with Crippen LogP contribution in [0.1, 0.15) is 25.7 Å². The normalized spacial score (nSPS) is 19.6. The summed E-state index contributed by atoms with van der Waals surface area (Å²) in [4.78, 5) is 12.6. The molecule has 0 atom stereocenters. The van der Waals surface area contributed by atoms with Crippen molar-refractivity contribution in [3.05, 3.63) is 47.5 Å². The SMILES string of the molecule is O=C(Nc1ccc(Cl)cc1)C1CCC(CNS(=O)(=O)c2cccc3nsnc23)CC1. The fraction of sp³-hybridized carbons (Fsp3) is 0.350. The van der Waals surface area contributed by atoms with E-state index in [1.807, 2.05) is 0 Å². The topological polar surface area (TPSA) is 101 Å². The molecule has 3 aromatic rings. The second-order valence-corrected chi connectivity index (χ2v) is 10.2. The van der Waals surface area contributed by atoms with Crippen molar-refractivity contribution >= 4 is 56.0 Å². The predicted molar refractivity (Wildman–Crippen MR) is 118 cm³/mol. The van der Waals surface area contributed by atoms with Crippen molar-refractivity contribution in [3.63, 3.8) is 0 Å². The molecule has 2 aromatic carbocycles. The zero-order chi connectivity index (χ0) is 21.1. The summed E-state index contributed by atoms with van der Waals surface area (Å²) in [5, 5.41) is 3.55. The maximum absolute atomic E-state index is 12.7. The first-order chi connectivity index (χ1) is 14.4. The second kappa shape index (κ2) is 8.97. The minimum Gasteiger partial charge on any atom is -0.326 e. The highest BCUT2D eigenvalue weighted by atomic mass is 35.5. The maximum Gasteiger partial charge on any atom is 0.242 e. The highest BCUT2D eigenvalue weighted by Gasteiger charge is 2.28. The predicted octanol–water partition coefficient (Wildman–Crippen LogP) is 4.07. The first-order valence-corrected chi connectivity index (χ1v) is 12.3. The number of halogens is 1. The fourth-order valence-electron chi connectivity index (χ4n) is 3.71. The smallest absolute Gasteiger partial charge is 0.242 e. The molecule has 1 fully saturated rings. The highest BCUT2D eigenvalue weighted by Crippen LogP contribution is 2.30. The third-order valence-electron chi connectivity index (χ3n) is 5.43. The zero-order valence-electron chi connectivity index (χ0n) is 16.0. The number of carbonyl (C=O) groups is 1. The van der Waals surface area contributed by atoms with Crippen LogP contribution >= 0.6 is 23.3 Å². The van der Waals surface area contributed by atoms with Gasteiger partial charge in [0.1, 0.15) is 15.9 Å². The van der Waals surface area contributed by atoms with Crippen molar-refractivity contribution in [2.24, 2.45) is 11.8 Å². The van der Waals surface area contributed by atoms with Gasteiger partial charge < -0.3 is 5.32 Å². The number of carbonyl (C=O) groups excluding carboxylic acids is 1. The molecule has 2 N–H and O–H groups in total. The number of amides is 1. The van der Waals surface area contributed by atoms with E-state index in [4.69, 9.17) is 11.6 Å². The van der Waals surface area contributed by atoms with Crippen LogP contribution in [0.2, 0.25) is 5.02 Å². The minimum atomic E-state index is -3.67. The molecule has 0 bridgehead atoms. The Morgan fingerprint density at radius 2 is 1.80 bits per heavy atom. The number of hydrogen-bond acceptors (Lipinski definition) is 6. The third kappa shape index (κ3) is 4.80. The lowest BCUT2D eigenvalue weighted by Crippen LogP contribution is -2.33. The van der Waals surface area contributed by atoms with Crippen LogP contribution in [0.5, 0.6) is 0 Å². The Labute approximate surface area is 184 Å². The average molecular weight is 465 g/mol. The highest BCUT2D eigenvalue weighted by molar-refractivity contribution is 7.89. The summed E-state index contributed by atoms with van der Waals surface area (Å²) >= 11 is 6.87. The van der Waals surface area contributed by atoms with Crippen LogP contribution in [0.4, 0.5) is 5.69 Å². The Morgan fingerprint density at radius 1 is 1.07 bits per heavy atom. The lowest BCUT2D eigenvalue weighted by molar-refractivity contribution is -0.121. The molecule has 10 heteroatoms. The van der Waals surface area contributed by atoms with E-state index in [9.17, 15) is 13.2 Å². The molecule has 1 saturated carbocycles. The van der Waals surface area contributed by atoms with Gasteiger partial charge in [-0.25, -0.2) is 13.1 Å². The third-order valence-corrected chi connectivity index (χ3v) is 7.68. The van der Waals surface area contributed by atoms with Gasteiger partial charge in [-0.05, 0) is 68.0 Å². The largest absolute Gasteiger partial charge is 0.326 e. The van der Waals surface area contributed by atoms with Gasteiger partial charge in [0.25, 0.3) is 0 Å². The van der Waals surface area contributed by atoms with Crippen LogP contribution in [-0.4, -0.2) is 29.6 Å². The van der Waals surface area contributed by atoms with Crippen LogP contribution in [0.3, 0.4) is 0 Å². The summed E-state index contributed by atoms with van der Waals surface area (Å²) in [5.41, 5.74) is 1.71. The molecule has 1 aliphatic carbocycles. The number of anilines is 1. The van der Waals surface area contributed by atoms with E-state index >= 15 is 0 Å². The maximum atomic E-state index is 12.7.